The molecule has 32 heavy (non-hydrogen) atoms. The molecule has 0 radical (unpaired) electrons. The van der Waals surface area contributed by atoms with Crippen LogP contribution in [0.1, 0.15) is 50.0 Å². The van der Waals surface area contributed by atoms with Crippen LogP contribution in [0, 0.1) is 17.7 Å². The van der Waals surface area contributed by atoms with Gasteiger partial charge in [0.15, 0.2) is 14.1 Å². The maximum atomic E-state index is 14.2. The average Bonchev–Trinajstić information content (AvgIpc) is 2.69. The monoisotopic (exact) mass is 463 g/mol. The zero-order valence-corrected chi connectivity index (χ0v) is 20.3. The molecule has 1 heterocycles. The first kappa shape index (κ1) is 24.3. The average molecular weight is 464 g/mol. The Morgan fingerprint density at radius 3 is 2.53 bits per heavy atom. The molecule has 0 saturated carbocycles. The van der Waals surface area contributed by atoms with Gasteiger partial charge in [-0.05, 0) is 49.5 Å². The minimum atomic E-state index is -2.23. The van der Waals surface area contributed by atoms with Crippen molar-refractivity contribution in [2.24, 2.45) is 11.8 Å². The van der Waals surface area contributed by atoms with Gasteiger partial charge in [0.05, 0.1) is 18.1 Å². The van der Waals surface area contributed by atoms with Crippen molar-refractivity contribution in [3.8, 4) is 0 Å². The van der Waals surface area contributed by atoms with Gasteiger partial charge in [0.25, 0.3) is 5.91 Å². The Bertz CT molecular complexity index is 956. The van der Waals surface area contributed by atoms with Crippen LogP contribution < -0.4 is 0 Å². The minimum Gasteiger partial charge on any atom is -0.413 e. The van der Waals surface area contributed by atoms with E-state index in [-0.39, 0.29) is 22.7 Å². The van der Waals surface area contributed by atoms with E-state index < -0.39 is 50.0 Å². The summed E-state index contributed by atoms with van der Waals surface area (Å²) in [6, 6.07) is 3.58. The van der Waals surface area contributed by atoms with Gasteiger partial charge in [0, 0.05) is 11.5 Å². The van der Waals surface area contributed by atoms with Gasteiger partial charge in [-0.1, -0.05) is 32.9 Å². The number of aldehydes is 1. The van der Waals surface area contributed by atoms with Crippen molar-refractivity contribution in [2.45, 2.75) is 70.8 Å². The van der Waals surface area contributed by atoms with Gasteiger partial charge < -0.3 is 9.26 Å². The van der Waals surface area contributed by atoms with Crippen LogP contribution in [-0.4, -0.2) is 49.5 Å². The summed E-state index contributed by atoms with van der Waals surface area (Å²) in [4.78, 5) is 53.6. The molecule has 4 atom stereocenters. The molecule has 3 rings (SSSR count). The van der Waals surface area contributed by atoms with Crippen LogP contribution in [0.2, 0.25) is 18.1 Å². The molecule has 1 aromatic carbocycles. The Balaban J connectivity index is 1.92. The van der Waals surface area contributed by atoms with Gasteiger partial charge in [0.1, 0.15) is 5.82 Å². The van der Waals surface area contributed by atoms with Gasteiger partial charge in [0.2, 0.25) is 6.29 Å². The number of hydrogen-bond donors (Lipinski definition) is 0. The number of amides is 1. The maximum Gasteiger partial charge on any atom is 0.395 e. The van der Waals surface area contributed by atoms with E-state index in [0.29, 0.717) is 18.4 Å². The van der Waals surface area contributed by atoms with E-state index in [4.69, 9.17) is 9.26 Å². The summed E-state index contributed by atoms with van der Waals surface area (Å²) in [5, 5.41) is 0.740. The lowest BCUT2D eigenvalue weighted by Gasteiger charge is -2.51. The molecule has 0 aromatic heterocycles. The fraction of sp³-hybridized carbons (Fsp3) is 0.565. The number of ketones is 1. The quantitative estimate of drug-likeness (QED) is 0.278. The zero-order chi connectivity index (χ0) is 24.0. The van der Waals surface area contributed by atoms with Crippen LogP contribution in [0.4, 0.5) is 4.39 Å². The molecule has 0 unspecified atom stereocenters. The van der Waals surface area contributed by atoms with Crippen LogP contribution in [0.25, 0.3) is 0 Å². The summed E-state index contributed by atoms with van der Waals surface area (Å²) in [5.74, 6) is -3.87. The normalized spacial score (nSPS) is 24.5. The van der Waals surface area contributed by atoms with E-state index in [0.717, 1.165) is 5.06 Å². The number of carbonyl (C=O) groups excluding carboxylic acids is 4. The molecule has 0 N–H and O–H groups in total. The highest BCUT2D eigenvalue weighted by Crippen LogP contribution is 2.44. The van der Waals surface area contributed by atoms with Gasteiger partial charge >= 0.3 is 5.97 Å². The van der Waals surface area contributed by atoms with Gasteiger partial charge in [-0.2, -0.15) is 5.06 Å². The van der Waals surface area contributed by atoms with Crippen LogP contribution in [0.15, 0.2) is 18.2 Å². The number of hydrogen-bond acceptors (Lipinski definition) is 6. The van der Waals surface area contributed by atoms with Crippen LogP contribution in [-0.2, 0) is 30.1 Å². The Hall–Kier alpha value is -2.39. The smallest absolute Gasteiger partial charge is 0.395 e. The zero-order valence-electron chi connectivity index (χ0n) is 19.3. The Morgan fingerprint density at radius 2 is 1.94 bits per heavy atom. The predicted octanol–water partition coefficient (Wildman–Crippen LogP) is 3.47. The molecule has 1 aromatic rings. The van der Waals surface area contributed by atoms with E-state index in [1.165, 1.54) is 12.1 Å². The fourth-order valence-corrected chi connectivity index (χ4v) is 5.76. The van der Waals surface area contributed by atoms with E-state index in [2.05, 4.69) is 33.9 Å². The van der Waals surface area contributed by atoms with Crippen LogP contribution in [0.5, 0.6) is 0 Å². The lowest BCUT2D eigenvalue weighted by atomic mass is 9.70. The third-order valence-electron chi connectivity index (χ3n) is 7.06. The Labute approximate surface area is 188 Å². The highest BCUT2D eigenvalue weighted by molar-refractivity contribution is 6.74. The van der Waals surface area contributed by atoms with Gasteiger partial charge in [-0.25, -0.2) is 9.18 Å². The van der Waals surface area contributed by atoms with Crippen LogP contribution in [0.3, 0.4) is 0 Å². The van der Waals surface area contributed by atoms with E-state index in [1.807, 2.05) is 0 Å². The fourth-order valence-electron chi connectivity index (χ4n) is 4.34. The van der Waals surface area contributed by atoms with Gasteiger partial charge in [-0.3, -0.25) is 14.4 Å². The van der Waals surface area contributed by atoms with Crippen LogP contribution >= 0.6 is 0 Å². The lowest BCUT2D eigenvalue weighted by molar-refractivity contribution is -0.247. The van der Waals surface area contributed by atoms with Crippen molar-refractivity contribution < 1.29 is 32.8 Å². The number of nitrogens with zero attached hydrogens (tertiary/aromatic N) is 1. The first-order valence-corrected chi connectivity index (χ1v) is 13.7. The van der Waals surface area contributed by atoms with Crippen molar-refractivity contribution in [1.29, 1.82) is 0 Å². The summed E-state index contributed by atoms with van der Waals surface area (Å²) >= 11 is 0. The second-order valence-electron chi connectivity index (χ2n) is 10.1. The van der Waals surface area contributed by atoms with Gasteiger partial charge in [-0.15, -0.1) is 0 Å². The molecule has 2 aliphatic rings. The molecular weight excluding hydrogens is 433 g/mol. The molecule has 1 aliphatic heterocycles. The number of benzene rings is 1. The third-order valence-corrected chi connectivity index (χ3v) is 11.6. The predicted molar refractivity (Wildman–Crippen MR) is 117 cm³/mol. The molecule has 1 saturated heterocycles. The highest BCUT2D eigenvalue weighted by atomic mass is 28.4. The first-order valence-electron chi connectivity index (χ1n) is 10.8. The summed E-state index contributed by atoms with van der Waals surface area (Å²) in [6.07, 6.45) is 0.0632. The van der Waals surface area contributed by atoms with Crippen molar-refractivity contribution in [3.63, 3.8) is 0 Å². The number of rotatable bonds is 6. The number of hydroxylamine groups is 2. The van der Waals surface area contributed by atoms with E-state index in [9.17, 15) is 23.6 Å². The molecule has 1 aliphatic carbocycles. The summed E-state index contributed by atoms with van der Waals surface area (Å²) in [7, 11) is -2.23. The second-order valence-corrected chi connectivity index (χ2v) is 14.8. The highest BCUT2D eigenvalue weighted by Gasteiger charge is 2.59. The van der Waals surface area contributed by atoms with Crippen molar-refractivity contribution in [2.75, 3.05) is 0 Å². The summed E-state index contributed by atoms with van der Waals surface area (Å²) < 4.78 is 20.6. The SMILES string of the molecule is C[C@@H](O[Si](C)(C)C(C)(C)C)[C@H]1C(=O)N(OC(=O)C=O)[C@@H]1[C@H]1CCc2c(F)cccc2C1=O. The lowest BCUT2D eigenvalue weighted by Crippen LogP contribution is -2.69. The Morgan fingerprint density at radius 1 is 1.28 bits per heavy atom. The molecule has 174 valence electrons. The molecule has 7 nitrogen and oxygen atoms in total. The maximum absolute atomic E-state index is 14.2. The number of fused-ring (bicyclic) bond motifs is 1. The number of Topliss-reactive ketones (excluding diaryl/α,β-unsaturated/α-hetero) is 1. The first-order chi connectivity index (χ1) is 14.8. The molecule has 0 spiro atoms. The minimum absolute atomic E-state index is 0.0272. The van der Waals surface area contributed by atoms with E-state index >= 15 is 0 Å². The van der Waals surface area contributed by atoms with Crippen molar-refractivity contribution in [3.05, 3.63) is 35.1 Å². The topological polar surface area (TPSA) is 90.0 Å². The molecular formula is C23H30FNO6Si. The Kier molecular flexibility index (Phi) is 6.45. The largest absolute Gasteiger partial charge is 0.413 e. The van der Waals surface area contributed by atoms with Crippen molar-refractivity contribution >= 4 is 32.3 Å². The number of halogens is 1. The number of β-lactam (4-membered cyclic amide) rings is 1. The second kappa shape index (κ2) is 8.51. The molecule has 9 heteroatoms. The summed E-state index contributed by atoms with van der Waals surface area (Å²) in [5.41, 5.74) is 0.636. The summed E-state index contributed by atoms with van der Waals surface area (Å²) in [6.45, 7) is 12.2. The number of carbonyl (C=O) groups is 4. The molecule has 1 amide bonds. The van der Waals surface area contributed by atoms with E-state index in [1.54, 1.807) is 13.0 Å². The third kappa shape index (κ3) is 4.15. The standard InChI is InChI=1S/C23H30FNO6Si/c1-13(31-32(5,6)23(2,3)4)19-20(25(22(19)29)30-18(27)12-26)16-11-10-14-15(21(16)28)8-7-9-17(14)24/h7-9,12-13,16,19-20H,10-11H2,1-6H3/t13-,16-,19-,20-/m1/s1. The van der Waals surface area contributed by atoms with Crippen molar-refractivity contribution in [1.82, 2.24) is 5.06 Å². The molecule has 0 bridgehead atoms. The molecule has 1 fully saturated rings.